The van der Waals surface area contributed by atoms with Crippen molar-refractivity contribution in [1.82, 2.24) is 0 Å². The Morgan fingerprint density at radius 2 is 1.22 bits per heavy atom. The van der Waals surface area contributed by atoms with Crippen molar-refractivity contribution in [3.05, 3.63) is 0 Å². The van der Waals surface area contributed by atoms with Gasteiger partial charge in [0.2, 0.25) is 0 Å². The van der Waals surface area contributed by atoms with Gasteiger partial charge in [-0.2, -0.15) is 0 Å². The van der Waals surface area contributed by atoms with Gasteiger partial charge < -0.3 is 20.1 Å². The van der Waals surface area contributed by atoms with Crippen molar-refractivity contribution >= 4 is 0 Å². The minimum atomic E-state index is -2.51. The normalized spacial score (nSPS) is 55.7. The van der Waals surface area contributed by atoms with Crippen LogP contribution in [0, 0.1) is 61.6 Å². The maximum atomic E-state index is 10.7. The van der Waals surface area contributed by atoms with Crippen LogP contribution in [0.1, 0.15) is 120 Å². The van der Waals surface area contributed by atoms with Gasteiger partial charge in [-0.05, 0) is 121 Å². The van der Waals surface area contributed by atoms with Crippen molar-refractivity contribution in [3.8, 4) is 0 Å². The minimum absolute atomic E-state index is 0.0359. The Bertz CT molecular complexity index is 967. The van der Waals surface area contributed by atoms with E-state index in [0.29, 0.717) is 22.7 Å². The van der Waals surface area contributed by atoms with E-state index in [4.69, 9.17) is 4.74 Å². The van der Waals surface area contributed by atoms with Crippen molar-refractivity contribution in [2.24, 2.45) is 61.6 Å². The molecule has 0 amide bonds. The molecule has 206 valence electrons. The molecule has 4 nitrogen and oxygen atoms in total. The summed E-state index contributed by atoms with van der Waals surface area (Å²) in [7, 11) is 0. The van der Waals surface area contributed by atoms with Crippen LogP contribution in [0.3, 0.4) is 0 Å². The third-order valence-corrected chi connectivity index (χ3v) is 16.0. The van der Waals surface area contributed by atoms with Gasteiger partial charge in [-0.25, -0.2) is 0 Å². The summed E-state index contributed by atoms with van der Waals surface area (Å²) in [6.07, 6.45) is 10.9. The lowest BCUT2D eigenvalue weighted by Gasteiger charge is -2.93. The van der Waals surface area contributed by atoms with Gasteiger partial charge >= 0.3 is 5.97 Å². The van der Waals surface area contributed by atoms with E-state index in [9.17, 15) is 15.3 Å². The van der Waals surface area contributed by atoms with E-state index in [0.717, 1.165) is 31.1 Å². The molecule has 0 aromatic carbocycles. The topological polar surface area (TPSA) is 69.9 Å². The minimum Gasteiger partial charge on any atom is -0.388 e. The van der Waals surface area contributed by atoms with E-state index < -0.39 is 18.2 Å². The summed E-state index contributed by atoms with van der Waals surface area (Å²) >= 11 is 0. The SMILES string of the molecule is CC1CCC2CC1(C1(C)CCC3CC1(C14CC(CCC1(C)OC(O)(O)CO)C4(C)C)C3(C)C)C2(C)C. The van der Waals surface area contributed by atoms with Crippen LogP contribution in [-0.4, -0.2) is 33.5 Å². The first-order valence-corrected chi connectivity index (χ1v) is 15.1. The molecule has 9 unspecified atom stereocenters. The molecule has 0 aromatic rings. The average Bonchev–Trinajstić information content (AvgIpc) is 2.77. The lowest BCUT2D eigenvalue weighted by molar-refractivity contribution is -0.494. The van der Waals surface area contributed by atoms with Gasteiger partial charge in [-0.1, -0.05) is 55.4 Å². The Morgan fingerprint density at radius 3 is 1.72 bits per heavy atom. The summed E-state index contributed by atoms with van der Waals surface area (Å²) in [6, 6.07) is 0. The Balaban J connectivity index is 1.61. The third kappa shape index (κ3) is 2.23. The summed E-state index contributed by atoms with van der Waals surface area (Å²) in [4.78, 5) is 0. The van der Waals surface area contributed by atoms with Crippen molar-refractivity contribution in [2.45, 2.75) is 132 Å². The molecular formula is C32H54O4. The van der Waals surface area contributed by atoms with Crippen LogP contribution in [0.15, 0.2) is 0 Å². The monoisotopic (exact) mass is 502 g/mol. The lowest BCUT2D eigenvalue weighted by Crippen LogP contribution is -2.89. The molecule has 9 saturated carbocycles. The average molecular weight is 503 g/mol. The number of ether oxygens (including phenoxy) is 1. The smallest absolute Gasteiger partial charge is 0.303 e. The number of aliphatic hydroxyl groups is 3. The van der Waals surface area contributed by atoms with Crippen molar-refractivity contribution < 1.29 is 20.1 Å². The Kier molecular flexibility index (Phi) is 4.90. The second-order valence-corrected chi connectivity index (χ2v) is 16.8. The van der Waals surface area contributed by atoms with Gasteiger partial charge in [-0.15, -0.1) is 0 Å². The first-order chi connectivity index (χ1) is 16.4. The summed E-state index contributed by atoms with van der Waals surface area (Å²) in [5.74, 6) is 0.391. The molecule has 0 aromatic heterocycles. The van der Waals surface area contributed by atoms with Crippen molar-refractivity contribution in [3.63, 3.8) is 0 Å². The first kappa shape index (κ1) is 26.1. The number of hydrogen-bond donors (Lipinski definition) is 3. The molecule has 0 spiro atoms. The molecule has 0 radical (unpaired) electrons. The summed E-state index contributed by atoms with van der Waals surface area (Å²) < 4.78 is 6.41. The fraction of sp³-hybridized carbons (Fsp3) is 1.00. The van der Waals surface area contributed by atoms with Crippen molar-refractivity contribution in [1.29, 1.82) is 0 Å². The highest BCUT2D eigenvalue weighted by molar-refractivity contribution is 5.38. The summed E-state index contributed by atoms with van der Waals surface area (Å²) in [5.41, 5.74) is 0.123. The lowest BCUT2D eigenvalue weighted by atomic mass is 9.12. The van der Waals surface area contributed by atoms with E-state index in [1.165, 1.54) is 38.5 Å². The summed E-state index contributed by atoms with van der Waals surface area (Å²) in [6.45, 7) is 21.9. The molecule has 9 aliphatic carbocycles. The molecule has 9 fully saturated rings. The molecule has 4 heteroatoms. The molecule has 9 atom stereocenters. The van der Waals surface area contributed by atoms with Gasteiger partial charge in [-0.3, -0.25) is 0 Å². The first-order valence-electron chi connectivity index (χ1n) is 15.1. The van der Waals surface area contributed by atoms with Crippen LogP contribution >= 0.6 is 0 Å². The second-order valence-electron chi connectivity index (χ2n) is 16.8. The van der Waals surface area contributed by atoms with E-state index in [-0.39, 0.29) is 27.1 Å². The fourth-order valence-corrected chi connectivity index (χ4v) is 14.4. The highest BCUT2D eigenvalue weighted by Crippen LogP contribution is 2.95. The molecule has 6 bridgehead atoms. The molecular weight excluding hydrogens is 448 g/mol. The van der Waals surface area contributed by atoms with Gasteiger partial charge in [0.1, 0.15) is 6.61 Å². The molecule has 9 rings (SSSR count). The largest absolute Gasteiger partial charge is 0.388 e. The number of rotatable bonds is 5. The van der Waals surface area contributed by atoms with Crippen molar-refractivity contribution in [2.75, 3.05) is 6.61 Å². The van der Waals surface area contributed by atoms with Crippen LogP contribution < -0.4 is 0 Å². The maximum absolute atomic E-state index is 10.7. The zero-order valence-electron chi connectivity index (χ0n) is 24.6. The molecule has 0 saturated heterocycles. The zero-order valence-corrected chi connectivity index (χ0v) is 24.6. The summed E-state index contributed by atoms with van der Waals surface area (Å²) in [5, 5.41) is 31.3. The van der Waals surface area contributed by atoms with Crippen LogP contribution in [0.4, 0.5) is 0 Å². The van der Waals surface area contributed by atoms with Gasteiger partial charge in [0.15, 0.2) is 0 Å². The predicted octanol–water partition coefficient (Wildman–Crippen LogP) is 6.51. The molecule has 9 aliphatic rings. The number of fused-ring (bicyclic) bond motifs is 6. The van der Waals surface area contributed by atoms with Crippen LogP contribution in [-0.2, 0) is 4.74 Å². The number of aliphatic hydroxyl groups excluding tert-OH is 1. The second kappa shape index (κ2) is 6.76. The highest BCUT2D eigenvalue weighted by Gasteiger charge is 2.91. The van der Waals surface area contributed by atoms with Gasteiger partial charge in [0.05, 0.1) is 5.60 Å². The quantitative estimate of drug-likeness (QED) is 0.375. The van der Waals surface area contributed by atoms with Crippen LogP contribution in [0.2, 0.25) is 0 Å². The Labute approximate surface area is 220 Å². The van der Waals surface area contributed by atoms with E-state index >= 15 is 0 Å². The van der Waals surface area contributed by atoms with Crippen LogP contribution in [0.5, 0.6) is 0 Å². The Hall–Kier alpha value is -0.160. The predicted molar refractivity (Wildman–Crippen MR) is 142 cm³/mol. The van der Waals surface area contributed by atoms with E-state index in [1.54, 1.807) is 0 Å². The zero-order chi connectivity index (χ0) is 26.6. The number of hydrogen-bond acceptors (Lipinski definition) is 4. The van der Waals surface area contributed by atoms with Gasteiger partial charge in [0, 0.05) is 5.41 Å². The standard InChI is InChI=1S/C32H54O4/c1-20-10-11-21-16-29(20,24(21,2)3)27(8)14-12-22-17-30(27,25(22,4)5)31-18-23(26(31,6)7)13-15-28(31,9)36-32(34,35)19-33/h20-23,33-35H,10-19H2,1-9H3. The highest BCUT2D eigenvalue weighted by atomic mass is 16.8. The Morgan fingerprint density at radius 1 is 0.694 bits per heavy atom. The van der Waals surface area contributed by atoms with E-state index in [2.05, 4.69) is 62.3 Å². The van der Waals surface area contributed by atoms with Gasteiger partial charge in [0.25, 0.3) is 0 Å². The molecule has 0 heterocycles. The third-order valence-electron chi connectivity index (χ3n) is 16.0. The molecule has 36 heavy (non-hydrogen) atoms. The molecule has 0 aliphatic heterocycles. The fourth-order valence-electron chi connectivity index (χ4n) is 14.4. The van der Waals surface area contributed by atoms with E-state index in [1.807, 2.05) is 0 Å². The molecule has 3 N–H and O–H groups in total. The van der Waals surface area contributed by atoms with Crippen LogP contribution in [0.25, 0.3) is 0 Å². The maximum Gasteiger partial charge on any atom is 0.303 e.